The smallest absolute Gasteiger partial charge is 0.407 e. The molecule has 5 heteroatoms. The van der Waals surface area contributed by atoms with Crippen LogP contribution in [0.1, 0.15) is 51.9 Å². The van der Waals surface area contributed by atoms with Crippen LogP contribution in [0, 0.1) is 0 Å². The molecule has 0 aliphatic carbocycles. The molecule has 0 bridgehead atoms. The monoisotopic (exact) mass is 311 g/mol. The summed E-state index contributed by atoms with van der Waals surface area (Å²) in [4.78, 5) is 23.5. The summed E-state index contributed by atoms with van der Waals surface area (Å²) in [6, 6.07) is -0.746. The molecule has 0 fully saturated rings. The molecule has 0 aromatic heterocycles. The van der Waals surface area contributed by atoms with Crippen LogP contribution in [-0.2, 0) is 14.3 Å². The van der Waals surface area contributed by atoms with Gasteiger partial charge < -0.3 is 14.8 Å². The van der Waals surface area contributed by atoms with E-state index in [2.05, 4.69) is 25.4 Å². The van der Waals surface area contributed by atoms with E-state index < -0.39 is 18.1 Å². The summed E-state index contributed by atoms with van der Waals surface area (Å²) >= 11 is 0. The van der Waals surface area contributed by atoms with Crippen LogP contribution in [0.5, 0.6) is 0 Å². The number of rotatable bonds is 13. The fourth-order valence-electron chi connectivity index (χ4n) is 1.78. The lowest BCUT2D eigenvalue weighted by Gasteiger charge is -2.16. The van der Waals surface area contributed by atoms with Gasteiger partial charge in [0.25, 0.3) is 0 Å². The molecule has 0 heterocycles. The van der Waals surface area contributed by atoms with Crippen molar-refractivity contribution in [2.45, 2.75) is 57.9 Å². The van der Waals surface area contributed by atoms with Gasteiger partial charge in [0.2, 0.25) is 0 Å². The van der Waals surface area contributed by atoms with Crippen LogP contribution >= 0.6 is 0 Å². The van der Waals surface area contributed by atoms with E-state index in [0.717, 1.165) is 19.3 Å². The quantitative estimate of drug-likeness (QED) is 0.320. The molecule has 1 amide bonds. The Bertz CT molecular complexity index is 342. The second kappa shape index (κ2) is 14.2. The second-order valence-electron chi connectivity index (χ2n) is 5.02. The van der Waals surface area contributed by atoms with Crippen molar-refractivity contribution in [3.63, 3.8) is 0 Å². The van der Waals surface area contributed by atoms with Gasteiger partial charge in [-0.05, 0) is 19.3 Å². The molecule has 1 unspecified atom stereocenters. The summed E-state index contributed by atoms with van der Waals surface area (Å²) < 4.78 is 10.1. The number of esters is 1. The van der Waals surface area contributed by atoms with Crippen LogP contribution in [0.25, 0.3) is 0 Å². The van der Waals surface area contributed by atoms with Gasteiger partial charge in [0.1, 0.15) is 6.04 Å². The zero-order valence-corrected chi connectivity index (χ0v) is 13.6. The molecule has 0 aliphatic heterocycles. The Morgan fingerprint density at radius 3 is 2.41 bits per heavy atom. The highest BCUT2D eigenvalue weighted by molar-refractivity contribution is 5.81. The van der Waals surface area contributed by atoms with Crippen molar-refractivity contribution in [2.24, 2.45) is 0 Å². The molecule has 5 nitrogen and oxygen atoms in total. The van der Waals surface area contributed by atoms with Crippen LogP contribution in [0.3, 0.4) is 0 Å². The van der Waals surface area contributed by atoms with Gasteiger partial charge in [-0.2, -0.15) is 0 Å². The summed E-state index contributed by atoms with van der Waals surface area (Å²) in [6.07, 6.45) is 8.89. The number of carbonyl (C=O) groups is 2. The van der Waals surface area contributed by atoms with Crippen molar-refractivity contribution in [1.82, 2.24) is 5.32 Å². The Labute approximate surface area is 133 Å². The molecule has 0 spiro atoms. The molecule has 0 aliphatic rings. The van der Waals surface area contributed by atoms with Crippen LogP contribution in [0.15, 0.2) is 25.3 Å². The van der Waals surface area contributed by atoms with E-state index in [4.69, 9.17) is 9.47 Å². The first-order valence-electron chi connectivity index (χ1n) is 7.97. The average molecular weight is 311 g/mol. The van der Waals surface area contributed by atoms with Crippen LogP contribution in [0.2, 0.25) is 0 Å². The van der Waals surface area contributed by atoms with Crippen molar-refractivity contribution >= 4 is 12.1 Å². The minimum Gasteiger partial charge on any atom is -0.464 e. The third-order valence-electron chi connectivity index (χ3n) is 3.03. The Balaban J connectivity index is 4.02. The number of carbonyl (C=O) groups excluding carboxylic acids is 2. The highest BCUT2D eigenvalue weighted by atomic mass is 16.6. The third kappa shape index (κ3) is 10.9. The molecular formula is C17H29NO4. The first kappa shape index (κ1) is 20.2. The van der Waals surface area contributed by atoms with Gasteiger partial charge in [0.05, 0.1) is 13.2 Å². The number of ether oxygens (including phenoxy) is 2. The Morgan fingerprint density at radius 2 is 1.77 bits per heavy atom. The Hall–Kier alpha value is -1.78. The summed E-state index contributed by atoms with van der Waals surface area (Å²) in [5.41, 5.74) is 0. The molecule has 1 N–H and O–H groups in total. The van der Waals surface area contributed by atoms with Gasteiger partial charge in [0, 0.05) is 0 Å². The molecular weight excluding hydrogens is 282 g/mol. The van der Waals surface area contributed by atoms with Gasteiger partial charge in [-0.3, -0.25) is 0 Å². The van der Waals surface area contributed by atoms with Gasteiger partial charge in [0.15, 0.2) is 0 Å². The number of nitrogens with one attached hydrogen (secondary N) is 1. The highest BCUT2D eigenvalue weighted by Crippen LogP contribution is 2.04. The third-order valence-corrected chi connectivity index (χ3v) is 3.03. The molecule has 0 aromatic rings. The van der Waals surface area contributed by atoms with Crippen molar-refractivity contribution in [3.05, 3.63) is 25.3 Å². The van der Waals surface area contributed by atoms with Gasteiger partial charge in [-0.15, -0.1) is 13.2 Å². The van der Waals surface area contributed by atoms with E-state index in [9.17, 15) is 9.59 Å². The first-order chi connectivity index (χ1) is 10.7. The number of hydrogen-bond donors (Lipinski definition) is 1. The Morgan fingerprint density at radius 1 is 1.05 bits per heavy atom. The SMILES string of the molecule is C=CCCOC(=O)NC(CC=C)C(=O)OCCCCCCC. The summed E-state index contributed by atoms with van der Waals surface area (Å²) in [6.45, 7) is 9.89. The summed E-state index contributed by atoms with van der Waals surface area (Å²) in [7, 11) is 0. The predicted octanol–water partition coefficient (Wildman–Crippen LogP) is 3.75. The molecule has 0 rings (SSSR count). The molecule has 0 aromatic carbocycles. The van der Waals surface area contributed by atoms with Crippen LogP contribution in [-0.4, -0.2) is 31.3 Å². The summed E-state index contributed by atoms with van der Waals surface area (Å²) in [5, 5.41) is 2.50. The molecule has 0 radical (unpaired) electrons. The second-order valence-corrected chi connectivity index (χ2v) is 5.02. The largest absolute Gasteiger partial charge is 0.464 e. The van der Waals surface area contributed by atoms with Crippen molar-refractivity contribution in [3.8, 4) is 0 Å². The lowest BCUT2D eigenvalue weighted by Crippen LogP contribution is -2.42. The first-order valence-corrected chi connectivity index (χ1v) is 7.97. The zero-order valence-electron chi connectivity index (χ0n) is 13.6. The van der Waals surface area contributed by atoms with E-state index in [0.29, 0.717) is 19.4 Å². The molecule has 126 valence electrons. The van der Waals surface area contributed by atoms with Crippen molar-refractivity contribution in [2.75, 3.05) is 13.2 Å². The van der Waals surface area contributed by atoms with Crippen LogP contribution in [0.4, 0.5) is 4.79 Å². The van der Waals surface area contributed by atoms with E-state index in [1.165, 1.54) is 12.8 Å². The number of alkyl carbamates (subject to hydrolysis) is 1. The van der Waals surface area contributed by atoms with E-state index in [1.54, 1.807) is 12.2 Å². The minimum absolute atomic E-state index is 0.239. The molecule has 1 atom stereocenters. The normalized spacial score (nSPS) is 11.3. The fourth-order valence-corrected chi connectivity index (χ4v) is 1.78. The predicted molar refractivity (Wildman–Crippen MR) is 87.6 cm³/mol. The van der Waals surface area contributed by atoms with E-state index >= 15 is 0 Å². The highest BCUT2D eigenvalue weighted by Gasteiger charge is 2.21. The van der Waals surface area contributed by atoms with Gasteiger partial charge >= 0.3 is 12.1 Å². The van der Waals surface area contributed by atoms with Gasteiger partial charge in [-0.25, -0.2) is 9.59 Å². The van der Waals surface area contributed by atoms with Crippen molar-refractivity contribution < 1.29 is 19.1 Å². The summed E-state index contributed by atoms with van der Waals surface area (Å²) in [5.74, 6) is -0.448. The maximum absolute atomic E-state index is 11.9. The number of hydrogen-bond acceptors (Lipinski definition) is 4. The molecule has 0 saturated heterocycles. The molecule has 0 saturated carbocycles. The van der Waals surface area contributed by atoms with E-state index in [-0.39, 0.29) is 6.61 Å². The number of amides is 1. The fraction of sp³-hybridized carbons (Fsp3) is 0.647. The zero-order chi connectivity index (χ0) is 16.6. The van der Waals surface area contributed by atoms with E-state index in [1.807, 2.05) is 0 Å². The van der Waals surface area contributed by atoms with Crippen LogP contribution < -0.4 is 5.32 Å². The Kier molecular flexibility index (Phi) is 13.0. The molecule has 22 heavy (non-hydrogen) atoms. The van der Waals surface area contributed by atoms with Gasteiger partial charge in [-0.1, -0.05) is 44.8 Å². The maximum atomic E-state index is 11.9. The lowest BCUT2D eigenvalue weighted by atomic mass is 10.2. The lowest BCUT2D eigenvalue weighted by molar-refractivity contribution is -0.146. The maximum Gasteiger partial charge on any atom is 0.407 e. The van der Waals surface area contributed by atoms with Crippen molar-refractivity contribution in [1.29, 1.82) is 0 Å². The number of unbranched alkanes of at least 4 members (excludes halogenated alkanes) is 4. The topological polar surface area (TPSA) is 64.6 Å². The standard InChI is InChI=1S/C17H29NO4/c1-4-7-9-10-11-14-21-16(19)15(12-6-3)18-17(20)22-13-8-5-2/h5-6,15H,2-4,7-14H2,1H3,(H,18,20). The average Bonchev–Trinajstić information content (AvgIpc) is 2.50. The minimum atomic E-state index is -0.746.